The predicted molar refractivity (Wildman–Crippen MR) is 100 cm³/mol. The Morgan fingerprint density at radius 3 is 2.38 bits per heavy atom. The molecule has 0 spiro atoms. The molecule has 1 aromatic carbocycles. The van der Waals surface area contributed by atoms with Gasteiger partial charge in [0.25, 0.3) is 0 Å². The van der Waals surface area contributed by atoms with Gasteiger partial charge < -0.3 is 4.57 Å². The Kier molecular flexibility index (Phi) is 6.03. The molecule has 1 heterocycles. The van der Waals surface area contributed by atoms with Gasteiger partial charge in [-0.15, -0.1) is 0 Å². The van der Waals surface area contributed by atoms with Crippen molar-refractivity contribution >= 4 is 16.9 Å². The number of nitrogens with zero attached hydrogens (tertiary/aromatic N) is 1. The highest BCUT2D eigenvalue weighted by molar-refractivity contribution is 5.94. The zero-order valence-electron chi connectivity index (χ0n) is 15.1. The van der Waals surface area contributed by atoms with Crippen LogP contribution in [0.1, 0.15) is 48.8 Å². The molecule has 0 saturated heterocycles. The Morgan fingerprint density at radius 1 is 1.23 bits per heavy atom. The molecule has 0 bridgehead atoms. The summed E-state index contributed by atoms with van der Waals surface area (Å²) in [6.45, 7) is 9.41. The van der Waals surface area contributed by atoms with Crippen LogP contribution in [-0.2, 0) is 6.54 Å². The quantitative estimate of drug-likeness (QED) is 0.547. The number of halogens is 2. The molecule has 0 unspecified atom stereocenters. The zero-order valence-corrected chi connectivity index (χ0v) is 15.1. The first kappa shape index (κ1) is 19.5. The van der Waals surface area contributed by atoms with Crippen LogP contribution in [0.15, 0.2) is 47.9 Å². The fourth-order valence-electron chi connectivity index (χ4n) is 2.82. The van der Waals surface area contributed by atoms with Crippen LogP contribution < -0.4 is 5.43 Å². The highest BCUT2D eigenvalue weighted by Crippen LogP contribution is 2.25. The highest BCUT2D eigenvalue weighted by Gasteiger charge is 2.14. The summed E-state index contributed by atoms with van der Waals surface area (Å²) in [5.41, 5.74) is 0.920. The number of hydrogen-bond donors (Lipinski definition) is 0. The minimum Gasteiger partial charge on any atom is -0.347 e. The van der Waals surface area contributed by atoms with Gasteiger partial charge in [0.2, 0.25) is 0 Å². The number of benzene rings is 1. The van der Waals surface area contributed by atoms with Gasteiger partial charge in [0.15, 0.2) is 11.2 Å². The van der Waals surface area contributed by atoms with Crippen LogP contribution >= 0.6 is 0 Å². The van der Waals surface area contributed by atoms with E-state index < -0.39 is 11.6 Å². The number of hydrogen-bond acceptors (Lipinski definition) is 2. The monoisotopic (exact) mass is 357 g/mol. The van der Waals surface area contributed by atoms with Crippen molar-refractivity contribution < 1.29 is 13.6 Å². The summed E-state index contributed by atoms with van der Waals surface area (Å²) in [6.07, 6.45) is 3.87. The van der Waals surface area contributed by atoms with Crippen molar-refractivity contribution in [2.75, 3.05) is 0 Å². The molecule has 2 aromatic rings. The second-order valence-electron chi connectivity index (χ2n) is 6.14. The Balaban J connectivity index is 2.54. The highest BCUT2D eigenvalue weighted by atomic mass is 19.1. The molecule has 0 N–H and O–H groups in total. The minimum atomic E-state index is -0.697. The van der Waals surface area contributed by atoms with Crippen molar-refractivity contribution in [2.24, 2.45) is 0 Å². The Hall–Kier alpha value is -2.82. The first-order valence-electron chi connectivity index (χ1n) is 8.33. The number of Topliss-reactive ketones (excluding diaryl/α,β-unsaturated/α-hetero) is 1. The average Bonchev–Trinajstić information content (AvgIpc) is 2.55. The SMILES string of the molecule is C=C(/C=C(\C)c1cc(=O)c(C(C)=O)cn1CCC)c1c(F)cccc1F. The van der Waals surface area contributed by atoms with E-state index in [0.29, 0.717) is 17.8 Å². The van der Waals surface area contributed by atoms with Crippen molar-refractivity contribution in [2.45, 2.75) is 33.7 Å². The number of aromatic nitrogens is 1. The van der Waals surface area contributed by atoms with Crippen molar-refractivity contribution in [1.82, 2.24) is 4.57 Å². The maximum atomic E-state index is 13.9. The number of pyridine rings is 1. The van der Waals surface area contributed by atoms with Gasteiger partial charge >= 0.3 is 0 Å². The Labute approximate surface area is 151 Å². The van der Waals surface area contributed by atoms with Crippen LogP contribution in [0.4, 0.5) is 8.78 Å². The molecule has 0 atom stereocenters. The lowest BCUT2D eigenvalue weighted by Crippen LogP contribution is -2.18. The van der Waals surface area contributed by atoms with Gasteiger partial charge in [0, 0.05) is 24.5 Å². The van der Waals surface area contributed by atoms with E-state index in [2.05, 4.69) is 6.58 Å². The number of ketones is 1. The van der Waals surface area contributed by atoms with Gasteiger partial charge in [-0.25, -0.2) is 8.78 Å². The molecular weight excluding hydrogens is 336 g/mol. The molecule has 0 amide bonds. The van der Waals surface area contributed by atoms with E-state index in [1.54, 1.807) is 11.5 Å². The lowest BCUT2D eigenvalue weighted by Gasteiger charge is -2.15. The Morgan fingerprint density at radius 2 is 1.85 bits per heavy atom. The van der Waals surface area contributed by atoms with Gasteiger partial charge in [-0.2, -0.15) is 0 Å². The molecule has 1 aromatic heterocycles. The fraction of sp³-hybridized carbons (Fsp3) is 0.238. The number of allylic oxidation sites excluding steroid dienone is 3. The first-order chi connectivity index (χ1) is 12.3. The summed E-state index contributed by atoms with van der Waals surface area (Å²) < 4.78 is 29.7. The molecule has 0 fully saturated rings. The first-order valence-corrected chi connectivity index (χ1v) is 8.33. The van der Waals surface area contributed by atoms with Crippen LogP contribution in [0, 0.1) is 11.6 Å². The third kappa shape index (κ3) is 4.04. The molecule has 5 heteroatoms. The van der Waals surface area contributed by atoms with Crippen molar-refractivity contribution in [3.05, 3.63) is 81.8 Å². The average molecular weight is 357 g/mol. The zero-order chi connectivity index (χ0) is 19.4. The van der Waals surface area contributed by atoms with Crippen LogP contribution in [0.25, 0.3) is 11.1 Å². The van der Waals surface area contributed by atoms with Gasteiger partial charge in [0.1, 0.15) is 11.6 Å². The maximum absolute atomic E-state index is 13.9. The summed E-state index contributed by atoms with van der Waals surface area (Å²) in [5, 5.41) is 0. The summed E-state index contributed by atoms with van der Waals surface area (Å²) in [5.74, 6) is -1.69. The molecule has 0 aliphatic carbocycles. The predicted octanol–water partition coefficient (Wildman–Crippen LogP) is 4.86. The molecular formula is C21H21F2NO2. The number of carbonyl (C=O) groups excluding carboxylic acids is 1. The van der Waals surface area contributed by atoms with Crippen LogP contribution in [-0.4, -0.2) is 10.4 Å². The molecule has 0 radical (unpaired) electrons. The molecule has 2 rings (SSSR count). The van der Waals surface area contributed by atoms with Gasteiger partial charge in [-0.3, -0.25) is 9.59 Å². The molecule has 136 valence electrons. The number of rotatable bonds is 6. The summed E-state index contributed by atoms with van der Waals surface area (Å²) in [6, 6.07) is 5.00. The molecule has 0 saturated carbocycles. The molecule has 0 aliphatic rings. The third-order valence-electron chi connectivity index (χ3n) is 4.05. The molecule has 0 aliphatic heterocycles. The molecule has 3 nitrogen and oxygen atoms in total. The van der Waals surface area contributed by atoms with E-state index in [9.17, 15) is 18.4 Å². The van der Waals surface area contributed by atoms with Crippen LogP contribution in [0.3, 0.4) is 0 Å². The third-order valence-corrected chi connectivity index (χ3v) is 4.05. The lowest BCUT2D eigenvalue weighted by atomic mass is 10.0. The van der Waals surface area contributed by atoms with E-state index in [1.807, 2.05) is 6.92 Å². The second kappa shape index (κ2) is 8.04. The lowest BCUT2D eigenvalue weighted by molar-refractivity contribution is 0.101. The topological polar surface area (TPSA) is 39.1 Å². The number of carbonyl (C=O) groups is 1. The smallest absolute Gasteiger partial charge is 0.192 e. The van der Waals surface area contributed by atoms with Crippen LogP contribution in [0.2, 0.25) is 0 Å². The second-order valence-corrected chi connectivity index (χ2v) is 6.14. The van der Waals surface area contributed by atoms with E-state index in [-0.39, 0.29) is 27.9 Å². The van der Waals surface area contributed by atoms with Gasteiger partial charge in [0.05, 0.1) is 11.1 Å². The minimum absolute atomic E-state index is 0.119. The van der Waals surface area contributed by atoms with Crippen molar-refractivity contribution in [3.63, 3.8) is 0 Å². The van der Waals surface area contributed by atoms with E-state index in [0.717, 1.165) is 6.42 Å². The van der Waals surface area contributed by atoms with Crippen molar-refractivity contribution in [3.8, 4) is 0 Å². The molecule has 26 heavy (non-hydrogen) atoms. The normalized spacial score (nSPS) is 11.5. The van der Waals surface area contributed by atoms with Crippen molar-refractivity contribution in [1.29, 1.82) is 0 Å². The van der Waals surface area contributed by atoms with E-state index in [1.165, 1.54) is 43.5 Å². The Bertz CT molecular complexity index is 935. The van der Waals surface area contributed by atoms with Gasteiger partial charge in [-0.05, 0) is 49.6 Å². The summed E-state index contributed by atoms with van der Waals surface area (Å²) in [4.78, 5) is 23.8. The number of aryl methyl sites for hydroxylation is 1. The van der Waals surface area contributed by atoms with Crippen LogP contribution in [0.5, 0.6) is 0 Å². The maximum Gasteiger partial charge on any atom is 0.192 e. The summed E-state index contributed by atoms with van der Waals surface area (Å²) in [7, 11) is 0. The van der Waals surface area contributed by atoms with E-state index in [4.69, 9.17) is 0 Å². The fourth-order valence-corrected chi connectivity index (χ4v) is 2.82. The standard InChI is InChI=1S/C21H21F2NO2/c1-5-9-24-12-16(15(4)25)20(26)11-19(24)13(2)10-14(3)21-17(22)7-6-8-18(21)23/h6-8,10-12H,3,5,9H2,1-2,4H3/b13-10+. The summed E-state index contributed by atoms with van der Waals surface area (Å²) >= 11 is 0. The van der Waals surface area contributed by atoms with Gasteiger partial charge in [-0.1, -0.05) is 19.6 Å². The largest absolute Gasteiger partial charge is 0.347 e. The van der Waals surface area contributed by atoms with E-state index >= 15 is 0 Å².